The van der Waals surface area contributed by atoms with Crippen molar-refractivity contribution in [2.45, 2.75) is 27.7 Å². The minimum atomic E-state index is 0.527. The summed E-state index contributed by atoms with van der Waals surface area (Å²) < 4.78 is 26.9. The summed E-state index contributed by atoms with van der Waals surface area (Å²) in [7, 11) is 0. The Morgan fingerprint density at radius 1 is 0.431 bits per heavy atom. The Hall–Kier alpha value is -6.74. The number of rotatable bonds is 9. The summed E-state index contributed by atoms with van der Waals surface area (Å²) in [5.74, 6) is 5.42. The molecule has 0 aliphatic rings. The maximum atomic E-state index is 6.37. The maximum Gasteiger partial charge on any atom is 0.234 e. The topological polar surface area (TPSA) is 93.4 Å². The average Bonchev–Trinajstić information content (AvgIpc) is 3.41. The first-order valence-electron chi connectivity index (χ1n) is 16.5. The first kappa shape index (κ1) is 31.5. The summed E-state index contributed by atoms with van der Waals surface area (Å²) in [5.41, 5.74) is 5.73. The molecule has 0 saturated carbocycles. The maximum absolute atomic E-state index is 6.37. The monoisotopic (exact) mass is 671 g/mol. The van der Waals surface area contributed by atoms with E-state index in [2.05, 4.69) is 32.1 Å². The minimum Gasteiger partial charge on any atom is -0.457 e. The molecule has 0 amide bonds. The van der Waals surface area contributed by atoms with Crippen LogP contribution in [0.2, 0.25) is 0 Å². The number of benzene rings is 4. The van der Waals surface area contributed by atoms with Gasteiger partial charge in [0.25, 0.3) is 0 Å². The number of pyridine rings is 2. The van der Waals surface area contributed by atoms with Crippen molar-refractivity contribution in [2.75, 3.05) is 0 Å². The SMILES string of the molecule is Cc1cc(C)nc(Oc2cccc(Oc3ccc4c5ccc(Oc6cccc(Oc7cc(C)cc(C)n7)c6)cc5n(-c5ncccn5)c4c3)c2)c1. The zero-order chi connectivity index (χ0) is 34.9. The lowest BCUT2D eigenvalue weighted by molar-refractivity contribution is 0.447. The first-order valence-corrected chi connectivity index (χ1v) is 16.5. The lowest BCUT2D eigenvalue weighted by Crippen LogP contribution is -2.00. The van der Waals surface area contributed by atoms with Gasteiger partial charge in [-0.2, -0.15) is 0 Å². The van der Waals surface area contributed by atoms with Gasteiger partial charge in [-0.25, -0.2) is 19.9 Å². The quantitative estimate of drug-likeness (QED) is 0.150. The Bertz CT molecular complexity index is 2350. The van der Waals surface area contributed by atoms with Gasteiger partial charge in [0, 0.05) is 71.0 Å². The molecule has 8 rings (SSSR count). The predicted molar refractivity (Wildman–Crippen MR) is 197 cm³/mol. The molecule has 0 atom stereocenters. The molecule has 250 valence electrons. The summed E-state index contributed by atoms with van der Waals surface area (Å²) >= 11 is 0. The van der Waals surface area contributed by atoms with Crippen LogP contribution < -0.4 is 18.9 Å². The third-order valence-electron chi connectivity index (χ3n) is 8.14. The highest BCUT2D eigenvalue weighted by Gasteiger charge is 2.17. The van der Waals surface area contributed by atoms with E-state index in [0.717, 1.165) is 44.3 Å². The molecule has 8 aromatic rings. The zero-order valence-corrected chi connectivity index (χ0v) is 28.5. The molecule has 0 radical (unpaired) electrons. The van der Waals surface area contributed by atoms with E-state index < -0.39 is 0 Å². The second-order valence-electron chi connectivity index (χ2n) is 12.3. The van der Waals surface area contributed by atoms with E-state index in [1.54, 1.807) is 18.5 Å². The summed E-state index contributed by atoms with van der Waals surface area (Å²) in [5, 5.41) is 2.04. The summed E-state index contributed by atoms with van der Waals surface area (Å²) in [6.45, 7) is 7.94. The third-order valence-corrected chi connectivity index (χ3v) is 8.14. The van der Waals surface area contributed by atoms with Crippen molar-refractivity contribution in [3.05, 3.63) is 150 Å². The average molecular weight is 672 g/mol. The van der Waals surface area contributed by atoms with Gasteiger partial charge < -0.3 is 18.9 Å². The van der Waals surface area contributed by atoms with Crippen molar-refractivity contribution in [1.82, 2.24) is 24.5 Å². The second kappa shape index (κ2) is 13.3. The smallest absolute Gasteiger partial charge is 0.234 e. The van der Waals surface area contributed by atoms with Crippen LogP contribution in [0.5, 0.6) is 46.3 Å². The molecule has 4 heterocycles. The zero-order valence-electron chi connectivity index (χ0n) is 28.5. The van der Waals surface area contributed by atoms with Gasteiger partial charge in [0.05, 0.1) is 11.0 Å². The van der Waals surface area contributed by atoms with Crippen LogP contribution in [0, 0.1) is 27.7 Å². The van der Waals surface area contributed by atoms with E-state index >= 15 is 0 Å². The number of aryl methyl sites for hydroxylation is 4. The number of hydrogen-bond donors (Lipinski definition) is 0. The highest BCUT2D eigenvalue weighted by molar-refractivity contribution is 6.09. The van der Waals surface area contributed by atoms with Crippen LogP contribution in [0.25, 0.3) is 27.8 Å². The number of ether oxygens (including phenoxy) is 4. The van der Waals surface area contributed by atoms with Gasteiger partial charge in [-0.15, -0.1) is 0 Å². The van der Waals surface area contributed by atoms with Crippen molar-refractivity contribution >= 4 is 21.8 Å². The fourth-order valence-electron chi connectivity index (χ4n) is 6.16. The molecule has 4 aromatic carbocycles. The lowest BCUT2D eigenvalue weighted by atomic mass is 10.1. The Balaban J connectivity index is 1.11. The molecule has 4 aromatic heterocycles. The number of nitrogens with zero attached hydrogens (tertiary/aromatic N) is 5. The van der Waals surface area contributed by atoms with Crippen molar-refractivity contribution in [3.8, 4) is 52.2 Å². The molecular weight excluding hydrogens is 638 g/mol. The van der Waals surface area contributed by atoms with Gasteiger partial charge >= 0.3 is 0 Å². The Morgan fingerprint density at radius 3 is 1.31 bits per heavy atom. The molecule has 0 unspecified atom stereocenters. The fraction of sp³-hybridized carbons (Fsp3) is 0.0952. The second-order valence-corrected chi connectivity index (χ2v) is 12.3. The van der Waals surface area contributed by atoms with Crippen LogP contribution in [0.15, 0.2) is 128 Å². The van der Waals surface area contributed by atoms with Crippen LogP contribution in [0.1, 0.15) is 22.5 Å². The van der Waals surface area contributed by atoms with Crippen molar-refractivity contribution in [3.63, 3.8) is 0 Å². The standard InChI is InChI=1S/C42H33N5O4/c1-26-18-28(3)45-40(20-26)50-32-10-5-8-30(22-32)48-34-12-14-36-37-15-13-35(25-39(37)47(38(36)24-34)42-43-16-7-17-44-42)49-31-9-6-11-33(23-31)51-41-21-27(2)19-29(4)46-41/h5-25H,1-4H3. The van der Waals surface area contributed by atoms with E-state index in [1.807, 2.05) is 129 Å². The van der Waals surface area contributed by atoms with Gasteiger partial charge in [0.15, 0.2) is 0 Å². The van der Waals surface area contributed by atoms with Crippen molar-refractivity contribution in [2.24, 2.45) is 0 Å². The molecule has 51 heavy (non-hydrogen) atoms. The first-order chi connectivity index (χ1) is 24.8. The molecule has 0 spiro atoms. The van der Waals surface area contributed by atoms with Gasteiger partial charge in [-0.1, -0.05) is 12.1 Å². The normalized spacial score (nSPS) is 11.1. The highest BCUT2D eigenvalue weighted by Crippen LogP contribution is 2.38. The van der Waals surface area contributed by atoms with Crippen LogP contribution in [0.4, 0.5) is 0 Å². The minimum absolute atomic E-state index is 0.527. The predicted octanol–water partition coefficient (Wildman–Crippen LogP) is 10.8. The Labute approximate surface area is 294 Å². The largest absolute Gasteiger partial charge is 0.457 e. The summed E-state index contributed by atoms with van der Waals surface area (Å²) in [4.78, 5) is 18.2. The van der Waals surface area contributed by atoms with Crippen LogP contribution in [-0.2, 0) is 0 Å². The van der Waals surface area contributed by atoms with Crippen LogP contribution in [-0.4, -0.2) is 24.5 Å². The van der Waals surface area contributed by atoms with Crippen molar-refractivity contribution in [1.29, 1.82) is 0 Å². The van der Waals surface area contributed by atoms with Gasteiger partial charge in [-0.05, 0) is 106 Å². The number of hydrogen-bond acceptors (Lipinski definition) is 8. The molecule has 0 aliphatic heterocycles. The molecular formula is C42H33N5O4. The van der Waals surface area contributed by atoms with E-state index in [9.17, 15) is 0 Å². The molecule has 0 N–H and O–H groups in total. The lowest BCUT2D eigenvalue weighted by Gasteiger charge is -2.11. The van der Waals surface area contributed by atoms with Crippen molar-refractivity contribution < 1.29 is 18.9 Å². The Morgan fingerprint density at radius 2 is 0.863 bits per heavy atom. The van der Waals surface area contributed by atoms with Gasteiger partial charge in [0.2, 0.25) is 17.7 Å². The van der Waals surface area contributed by atoms with E-state index in [0.29, 0.717) is 52.2 Å². The molecule has 0 saturated heterocycles. The summed E-state index contributed by atoms with van der Waals surface area (Å²) in [6.07, 6.45) is 3.46. The highest BCUT2D eigenvalue weighted by atomic mass is 16.5. The van der Waals surface area contributed by atoms with E-state index in [1.165, 1.54) is 0 Å². The van der Waals surface area contributed by atoms with E-state index in [-0.39, 0.29) is 0 Å². The molecule has 0 fully saturated rings. The molecule has 9 heteroatoms. The third kappa shape index (κ3) is 6.91. The molecule has 9 nitrogen and oxygen atoms in total. The van der Waals surface area contributed by atoms with E-state index in [4.69, 9.17) is 18.9 Å². The summed E-state index contributed by atoms with van der Waals surface area (Å²) in [6, 6.07) is 36.7. The van der Waals surface area contributed by atoms with Gasteiger partial charge in [0.1, 0.15) is 34.5 Å². The fourth-order valence-corrected chi connectivity index (χ4v) is 6.16. The number of fused-ring (bicyclic) bond motifs is 3. The van der Waals surface area contributed by atoms with Crippen LogP contribution in [0.3, 0.4) is 0 Å². The molecule has 0 bridgehead atoms. The van der Waals surface area contributed by atoms with Crippen LogP contribution >= 0.6 is 0 Å². The van der Waals surface area contributed by atoms with Gasteiger partial charge in [-0.3, -0.25) is 4.57 Å². The number of aromatic nitrogens is 5. The molecule has 0 aliphatic carbocycles. The Kier molecular flexibility index (Phi) is 8.21.